The average molecular weight is 419 g/mol. The maximum atomic E-state index is 12.8. The summed E-state index contributed by atoms with van der Waals surface area (Å²) in [5.41, 5.74) is 1.89. The van der Waals surface area contributed by atoms with Crippen LogP contribution in [0.1, 0.15) is 6.92 Å². The Balaban J connectivity index is 1.51. The Bertz CT molecular complexity index is 671. The molecule has 1 atom stereocenters. The first-order chi connectivity index (χ1) is 14.5. The van der Waals surface area contributed by atoms with Gasteiger partial charge in [-0.25, -0.2) is 4.79 Å². The van der Waals surface area contributed by atoms with Gasteiger partial charge in [0, 0.05) is 72.5 Å². The summed E-state index contributed by atoms with van der Waals surface area (Å²) in [6, 6.07) is 7.80. The number of nitrogens with one attached hydrogen (secondary N) is 1. The Morgan fingerprint density at radius 1 is 1.07 bits per heavy atom. The van der Waals surface area contributed by atoms with Crippen LogP contribution in [0.15, 0.2) is 24.3 Å². The molecule has 2 saturated heterocycles. The van der Waals surface area contributed by atoms with Gasteiger partial charge in [0.25, 0.3) is 0 Å². The Morgan fingerprint density at radius 3 is 2.37 bits per heavy atom. The van der Waals surface area contributed by atoms with Gasteiger partial charge >= 0.3 is 6.03 Å². The highest BCUT2D eigenvalue weighted by atomic mass is 16.3. The SMILES string of the molecule is CCN1CCN(c2ccccc2NC(=O)N(C)CC(O)CN2CCN(C)CC2)CC1. The summed E-state index contributed by atoms with van der Waals surface area (Å²) >= 11 is 0. The predicted molar refractivity (Wildman–Crippen MR) is 122 cm³/mol. The van der Waals surface area contributed by atoms with Gasteiger partial charge in [0.1, 0.15) is 0 Å². The number of carbonyl (C=O) groups is 1. The zero-order valence-electron chi connectivity index (χ0n) is 18.8. The van der Waals surface area contributed by atoms with Crippen LogP contribution in [0.5, 0.6) is 0 Å². The molecule has 2 aliphatic rings. The molecule has 2 N–H and O–H groups in total. The van der Waals surface area contributed by atoms with Crippen molar-refractivity contribution in [3.05, 3.63) is 24.3 Å². The molecule has 30 heavy (non-hydrogen) atoms. The number of anilines is 2. The Hall–Kier alpha value is -1.87. The number of hydrogen-bond acceptors (Lipinski definition) is 6. The zero-order chi connectivity index (χ0) is 21.5. The van der Waals surface area contributed by atoms with Gasteiger partial charge in [-0.2, -0.15) is 0 Å². The molecule has 168 valence electrons. The molecule has 0 spiro atoms. The molecule has 2 amide bonds. The van der Waals surface area contributed by atoms with E-state index in [1.54, 1.807) is 11.9 Å². The summed E-state index contributed by atoms with van der Waals surface area (Å²) in [6.07, 6.45) is -0.554. The van der Waals surface area contributed by atoms with Gasteiger partial charge in [-0.15, -0.1) is 0 Å². The quantitative estimate of drug-likeness (QED) is 0.686. The van der Waals surface area contributed by atoms with Gasteiger partial charge in [0.2, 0.25) is 0 Å². The fourth-order valence-electron chi connectivity index (χ4n) is 4.16. The number of urea groups is 1. The van der Waals surface area contributed by atoms with Crippen molar-refractivity contribution >= 4 is 17.4 Å². The summed E-state index contributed by atoms with van der Waals surface area (Å²) in [7, 11) is 3.86. The number of rotatable bonds is 7. The molecule has 8 heteroatoms. The maximum absolute atomic E-state index is 12.8. The van der Waals surface area contributed by atoms with Crippen LogP contribution in [0.4, 0.5) is 16.2 Å². The van der Waals surface area contributed by atoms with Crippen LogP contribution in [0.25, 0.3) is 0 Å². The number of nitrogens with zero attached hydrogens (tertiary/aromatic N) is 5. The molecule has 0 saturated carbocycles. The second-order valence-electron chi connectivity index (χ2n) is 8.51. The topological polar surface area (TPSA) is 65.5 Å². The molecule has 1 aromatic rings. The summed E-state index contributed by atoms with van der Waals surface area (Å²) in [5.74, 6) is 0. The van der Waals surface area contributed by atoms with Gasteiger partial charge in [-0.05, 0) is 25.7 Å². The highest BCUT2D eigenvalue weighted by molar-refractivity contribution is 5.93. The standard InChI is InChI=1S/C22H38N6O2/c1-4-26-13-15-28(16-14-26)21-8-6-5-7-20(21)23-22(30)25(3)17-19(29)18-27-11-9-24(2)10-12-27/h5-8,19,29H,4,9-18H2,1-3H3,(H,23,30). The van der Waals surface area contributed by atoms with Gasteiger partial charge in [-0.1, -0.05) is 19.1 Å². The van der Waals surface area contributed by atoms with Crippen LogP contribution < -0.4 is 10.2 Å². The molecule has 2 aliphatic heterocycles. The Kier molecular flexibility index (Phi) is 8.32. The van der Waals surface area contributed by atoms with Gasteiger partial charge in [-0.3, -0.25) is 4.90 Å². The average Bonchev–Trinajstić information content (AvgIpc) is 2.75. The number of likely N-dealkylation sites (N-methyl/N-ethyl adjacent to an activating group) is 3. The second kappa shape index (κ2) is 10.9. The number of amides is 2. The number of β-amino-alcohol motifs (C(OH)–C–C–N with tert-alkyl or cyclic N) is 1. The molecule has 2 fully saturated rings. The Labute approximate surface area is 181 Å². The minimum absolute atomic E-state index is 0.188. The molecule has 1 unspecified atom stereocenters. The van der Waals surface area contributed by atoms with Crippen LogP contribution >= 0.6 is 0 Å². The van der Waals surface area contributed by atoms with Crippen molar-refractivity contribution in [2.45, 2.75) is 13.0 Å². The van der Waals surface area contributed by atoms with Gasteiger partial charge < -0.3 is 30.0 Å². The normalized spacial score (nSPS) is 20.2. The minimum Gasteiger partial charge on any atom is -0.390 e. The first-order valence-electron chi connectivity index (χ1n) is 11.1. The van der Waals surface area contributed by atoms with Crippen LogP contribution in [0.3, 0.4) is 0 Å². The molecule has 0 aliphatic carbocycles. The van der Waals surface area contributed by atoms with Crippen LogP contribution in [0.2, 0.25) is 0 Å². The number of benzene rings is 1. The monoisotopic (exact) mass is 418 g/mol. The highest BCUT2D eigenvalue weighted by Crippen LogP contribution is 2.26. The lowest BCUT2D eigenvalue weighted by Gasteiger charge is -2.36. The van der Waals surface area contributed by atoms with E-state index in [0.717, 1.165) is 70.3 Å². The fourth-order valence-corrected chi connectivity index (χ4v) is 4.16. The third kappa shape index (κ3) is 6.31. The molecule has 3 rings (SSSR count). The van der Waals surface area contributed by atoms with E-state index in [9.17, 15) is 9.90 Å². The number of carbonyl (C=O) groups excluding carboxylic acids is 1. The first-order valence-corrected chi connectivity index (χ1v) is 11.1. The molecular formula is C22H38N6O2. The number of piperazine rings is 2. The van der Waals surface area contributed by atoms with Crippen LogP contribution in [-0.2, 0) is 0 Å². The van der Waals surface area contributed by atoms with Crippen LogP contribution in [0, 0.1) is 0 Å². The summed E-state index contributed by atoms with van der Waals surface area (Å²) in [5, 5.41) is 13.5. The zero-order valence-corrected chi connectivity index (χ0v) is 18.8. The molecule has 0 radical (unpaired) electrons. The lowest BCUT2D eigenvalue weighted by molar-refractivity contribution is 0.0670. The molecule has 1 aromatic carbocycles. The van der Waals surface area contributed by atoms with Crippen molar-refractivity contribution in [2.75, 3.05) is 96.3 Å². The molecule has 2 heterocycles. The lowest BCUT2D eigenvalue weighted by atomic mass is 10.2. The van der Waals surface area contributed by atoms with Crippen molar-refractivity contribution in [1.82, 2.24) is 19.6 Å². The van der Waals surface area contributed by atoms with E-state index < -0.39 is 6.10 Å². The first kappa shape index (κ1) is 22.8. The fraction of sp³-hybridized carbons (Fsp3) is 0.682. The van der Waals surface area contributed by atoms with Crippen molar-refractivity contribution in [3.8, 4) is 0 Å². The molecule has 0 bridgehead atoms. The van der Waals surface area contributed by atoms with E-state index in [-0.39, 0.29) is 6.03 Å². The predicted octanol–water partition coefficient (Wildman–Crippen LogP) is 0.901. The van der Waals surface area contributed by atoms with E-state index in [4.69, 9.17) is 0 Å². The van der Waals surface area contributed by atoms with E-state index in [1.807, 2.05) is 18.2 Å². The number of para-hydroxylation sites is 2. The third-order valence-corrected chi connectivity index (χ3v) is 6.20. The van der Waals surface area contributed by atoms with Crippen molar-refractivity contribution in [1.29, 1.82) is 0 Å². The molecular weight excluding hydrogens is 380 g/mol. The van der Waals surface area contributed by atoms with E-state index in [1.165, 1.54) is 0 Å². The van der Waals surface area contributed by atoms with Gasteiger partial charge in [0.05, 0.1) is 17.5 Å². The van der Waals surface area contributed by atoms with E-state index >= 15 is 0 Å². The largest absolute Gasteiger partial charge is 0.390 e. The van der Waals surface area contributed by atoms with Crippen LogP contribution in [-0.4, -0.2) is 123 Å². The highest BCUT2D eigenvalue weighted by Gasteiger charge is 2.22. The Morgan fingerprint density at radius 2 is 1.70 bits per heavy atom. The summed E-state index contributed by atoms with van der Waals surface area (Å²) < 4.78 is 0. The second-order valence-corrected chi connectivity index (χ2v) is 8.51. The minimum atomic E-state index is -0.554. The number of hydrogen-bond donors (Lipinski definition) is 2. The van der Waals surface area contributed by atoms with Crippen molar-refractivity contribution < 1.29 is 9.90 Å². The smallest absolute Gasteiger partial charge is 0.321 e. The summed E-state index contributed by atoms with van der Waals surface area (Å²) in [4.78, 5) is 23.7. The van der Waals surface area contributed by atoms with Crippen molar-refractivity contribution in [3.63, 3.8) is 0 Å². The lowest BCUT2D eigenvalue weighted by Crippen LogP contribution is -2.49. The van der Waals surface area contributed by atoms with E-state index in [0.29, 0.717) is 13.1 Å². The molecule has 0 aromatic heterocycles. The maximum Gasteiger partial charge on any atom is 0.321 e. The number of aliphatic hydroxyl groups excluding tert-OH is 1. The van der Waals surface area contributed by atoms with E-state index in [2.05, 4.69) is 45.0 Å². The molecule has 8 nitrogen and oxygen atoms in total. The number of aliphatic hydroxyl groups is 1. The summed E-state index contributed by atoms with van der Waals surface area (Å²) in [6.45, 7) is 12.1. The van der Waals surface area contributed by atoms with Gasteiger partial charge in [0.15, 0.2) is 0 Å². The third-order valence-electron chi connectivity index (χ3n) is 6.20. The van der Waals surface area contributed by atoms with Crippen molar-refractivity contribution in [2.24, 2.45) is 0 Å².